The first-order valence-corrected chi connectivity index (χ1v) is 13.4. The van der Waals surface area contributed by atoms with E-state index in [1.165, 1.54) is 17.3 Å². The van der Waals surface area contributed by atoms with Crippen molar-refractivity contribution in [2.24, 2.45) is 0 Å². The van der Waals surface area contributed by atoms with E-state index in [1.807, 2.05) is 53.4 Å². The number of ether oxygens (including phenoxy) is 1. The first-order valence-electron chi connectivity index (χ1n) is 12.4. The van der Waals surface area contributed by atoms with Crippen molar-refractivity contribution in [3.8, 4) is 5.75 Å². The molecule has 0 bridgehead atoms. The van der Waals surface area contributed by atoms with E-state index in [0.29, 0.717) is 25.4 Å². The molecule has 0 spiro atoms. The number of rotatable bonds is 7. The normalized spacial score (nSPS) is 14.0. The maximum absolute atomic E-state index is 13.1. The lowest BCUT2D eigenvalue weighted by Crippen LogP contribution is -2.49. The molecule has 1 aliphatic rings. The number of piperazine rings is 1. The van der Waals surface area contributed by atoms with Crippen LogP contribution in [0.3, 0.4) is 0 Å². The molecule has 2 aromatic heterocycles. The van der Waals surface area contributed by atoms with Gasteiger partial charge in [-0.3, -0.25) is 9.20 Å². The van der Waals surface area contributed by atoms with Gasteiger partial charge in [0.2, 0.25) is 11.7 Å². The summed E-state index contributed by atoms with van der Waals surface area (Å²) in [6.45, 7) is 3.63. The summed E-state index contributed by atoms with van der Waals surface area (Å²) in [6, 6.07) is 26.6. The van der Waals surface area contributed by atoms with E-state index in [4.69, 9.17) is 4.74 Å². The molecule has 0 radical (unpaired) electrons. The van der Waals surface area contributed by atoms with Gasteiger partial charge in [0.15, 0.2) is 5.16 Å². The van der Waals surface area contributed by atoms with Crippen LogP contribution in [-0.4, -0.2) is 69.0 Å². The molecule has 37 heavy (non-hydrogen) atoms. The van der Waals surface area contributed by atoms with Crippen LogP contribution in [0, 0.1) is 0 Å². The first kappa shape index (κ1) is 23.4. The lowest BCUT2D eigenvalue weighted by atomic mass is 10.2. The summed E-state index contributed by atoms with van der Waals surface area (Å²) in [5.74, 6) is 2.09. The van der Waals surface area contributed by atoms with Gasteiger partial charge >= 0.3 is 0 Å². The van der Waals surface area contributed by atoms with Crippen molar-refractivity contribution in [1.29, 1.82) is 0 Å². The number of anilines is 1. The standard InChI is InChI=1S/C28H28N6O2S/c1-36-25-14-8-7-13-24(25)31-15-17-32(18-16-31)26(35)20-37-28-30-29-27-33(19-21-9-3-2-4-10-21)22-11-5-6-12-23(22)34(27)28/h2-14H,15-20H2,1H3. The number of fused-ring (bicyclic) bond motifs is 3. The van der Waals surface area contributed by atoms with Crippen molar-refractivity contribution in [3.05, 3.63) is 84.4 Å². The molecule has 0 N–H and O–H groups in total. The van der Waals surface area contributed by atoms with Crippen molar-refractivity contribution in [2.75, 3.05) is 43.9 Å². The average molecular weight is 513 g/mol. The molecule has 1 amide bonds. The van der Waals surface area contributed by atoms with E-state index in [0.717, 1.165) is 46.5 Å². The first-order chi connectivity index (χ1) is 18.2. The van der Waals surface area contributed by atoms with Crippen molar-refractivity contribution >= 4 is 40.2 Å². The second-order valence-electron chi connectivity index (χ2n) is 9.01. The molecule has 0 aliphatic carbocycles. The fourth-order valence-corrected chi connectivity index (χ4v) is 5.80. The van der Waals surface area contributed by atoms with Gasteiger partial charge in [0.25, 0.3) is 0 Å². The minimum Gasteiger partial charge on any atom is -0.495 e. The minimum atomic E-state index is 0.120. The molecule has 1 fully saturated rings. The van der Waals surface area contributed by atoms with Crippen molar-refractivity contribution in [2.45, 2.75) is 11.7 Å². The Labute approximate surface area is 219 Å². The molecule has 0 atom stereocenters. The third kappa shape index (κ3) is 4.51. The van der Waals surface area contributed by atoms with Gasteiger partial charge in [0, 0.05) is 26.2 Å². The highest BCUT2D eigenvalue weighted by molar-refractivity contribution is 7.99. The SMILES string of the molecule is COc1ccccc1N1CCN(C(=O)CSc2nnc3n(Cc4ccccc4)c4ccccc4n23)CC1. The van der Waals surface area contributed by atoms with Gasteiger partial charge in [-0.1, -0.05) is 66.4 Å². The van der Waals surface area contributed by atoms with Gasteiger partial charge < -0.3 is 19.1 Å². The molecule has 3 heterocycles. The molecule has 3 aromatic carbocycles. The number of carbonyl (C=O) groups excluding carboxylic acids is 1. The van der Waals surface area contributed by atoms with Crippen LogP contribution in [0.4, 0.5) is 5.69 Å². The molecular formula is C28H28N6O2S. The summed E-state index contributed by atoms with van der Waals surface area (Å²) >= 11 is 1.45. The number of imidazole rings is 1. The number of carbonyl (C=O) groups is 1. The van der Waals surface area contributed by atoms with Crippen LogP contribution in [0.5, 0.6) is 5.75 Å². The zero-order chi connectivity index (χ0) is 25.2. The van der Waals surface area contributed by atoms with Gasteiger partial charge in [-0.15, -0.1) is 10.2 Å². The van der Waals surface area contributed by atoms with E-state index in [1.54, 1.807) is 7.11 Å². The molecule has 1 aliphatic heterocycles. The Morgan fingerprint density at radius 3 is 2.35 bits per heavy atom. The third-order valence-electron chi connectivity index (χ3n) is 6.84. The maximum atomic E-state index is 13.1. The number of hydrogen-bond donors (Lipinski definition) is 0. The fraction of sp³-hybridized carbons (Fsp3) is 0.250. The summed E-state index contributed by atoms with van der Waals surface area (Å²) in [5, 5.41) is 9.71. The molecule has 9 heteroatoms. The van der Waals surface area contributed by atoms with Gasteiger partial charge in [-0.2, -0.15) is 0 Å². The highest BCUT2D eigenvalue weighted by Crippen LogP contribution is 2.29. The topological polar surface area (TPSA) is 67.9 Å². The molecule has 188 valence electrons. The number of thioether (sulfide) groups is 1. The largest absolute Gasteiger partial charge is 0.495 e. The van der Waals surface area contributed by atoms with E-state index < -0.39 is 0 Å². The minimum absolute atomic E-state index is 0.120. The lowest BCUT2D eigenvalue weighted by molar-refractivity contribution is -0.128. The van der Waals surface area contributed by atoms with Crippen molar-refractivity contribution in [3.63, 3.8) is 0 Å². The van der Waals surface area contributed by atoms with Gasteiger partial charge in [-0.05, 0) is 29.8 Å². The number of methoxy groups -OCH3 is 1. The zero-order valence-corrected chi connectivity index (χ0v) is 21.5. The Bertz CT molecular complexity index is 1540. The lowest BCUT2D eigenvalue weighted by Gasteiger charge is -2.36. The second kappa shape index (κ2) is 10.2. The number of benzene rings is 3. The molecule has 1 saturated heterocycles. The highest BCUT2D eigenvalue weighted by atomic mass is 32.2. The maximum Gasteiger partial charge on any atom is 0.237 e. The summed E-state index contributed by atoms with van der Waals surface area (Å²) in [5.41, 5.74) is 4.41. The molecule has 5 aromatic rings. The fourth-order valence-electron chi connectivity index (χ4n) is 4.96. The second-order valence-corrected chi connectivity index (χ2v) is 9.95. The van der Waals surface area contributed by atoms with E-state index in [9.17, 15) is 4.79 Å². The summed E-state index contributed by atoms with van der Waals surface area (Å²) in [6.07, 6.45) is 0. The Hall–Kier alpha value is -3.98. The van der Waals surface area contributed by atoms with E-state index >= 15 is 0 Å². The quantitative estimate of drug-likeness (QED) is 0.305. The number of hydrogen-bond acceptors (Lipinski definition) is 6. The Balaban J connectivity index is 1.16. The van der Waals surface area contributed by atoms with Crippen LogP contribution in [0.2, 0.25) is 0 Å². The van der Waals surface area contributed by atoms with Gasteiger partial charge in [-0.25, -0.2) is 0 Å². The predicted molar refractivity (Wildman–Crippen MR) is 147 cm³/mol. The van der Waals surface area contributed by atoms with E-state index in [-0.39, 0.29) is 5.91 Å². The monoisotopic (exact) mass is 512 g/mol. The average Bonchev–Trinajstić information content (AvgIpc) is 3.51. The van der Waals surface area contributed by atoms with Crippen LogP contribution < -0.4 is 9.64 Å². The third-order valence-corrected chi connectivity index (χ3v) is 7.75. The van der Waals surface area contributed by atoms with Crippen LogP contribution in [0.1, 0.15) is 5.56 Å². The predicted octanol–water partition coefficient (Wildman–Crippen LogP) is 4.18. The van der Waals surface area contributed by atoms with E-state index in [2.05, 4.69) is 54.4 Å². The Morgan fingerprint density at radius 2 is 1.57 bits per heavy atom. The van der Waals surface area contributed by atoms with Crippen molar-refractivity contribution in [1.82, 2.24) is 24.1 Å². The van der Waals surface area contributed by atoms with Gasteiger partial charge in [0.05, 0.1) is 36.1 Å². The van der Waals surface area contributed by atoms with Crippen LogP contribution in [0.15, 0.2) is 84.0 Å². The Morgan fingerprint density at radius 1 is 0.865 bits per heavy atom. The zero-order valence-electron chi connectivity index (χ0n) is 20.7. The smallest absolute Gasteiger partial charge is 0.237 e. The molecular weight excluding hydrogens is 484 g/mol. The van der Waals surface area contributed by atoms with Crippen LogP contribution >= 0.6 is 11.8 Å². The number of para-hydroxylation sites is 4. The molecule has 0 unspecified atom stereocenters. The number of amides is 1. The molecule has 0 saturated carbocycles. The summed E-state index contributed by atoms with van der Waals surface area (Å²) in [7, 11) is 1.69. The number of aromatic nitrogens is 4. The summed E-state index contributed by atoms with van der Waals surface area (Å²) in [4.78, 5) is 17.3. The van der Waals surface area contributed by atoms with Crippen LogP contribution in [0.25, 0.3) is 16.8 Å². The highest BCUT2D eigenvalue weighted by Gasteiger charge is 2.24. The van der Waals surface area contributed by atoms with Crippen molar-refractivity contribution < 1.29 is 9.53 Å². The molecule has 8 nitrogen and oxygen atoms in total. The summed E-state index contributed by atoms with van der Waals surface area (Å²) < 4.78 is 9.76. The van der Waals surface area contributed by atoms with Crippen LogP contribution in [-0.2, 0) is 11.3 Å². The molecule has 6 rings (SSSR count). The Kier molecular flexibility index (Phi) is 6.44. The van der Waals surface area contributed by atoms with Gasteiger partial charge in [0.1, 0.15) is 5.75 Å². The number of nitrogens with zero attached hydrogens (tertiary/aromatic N) is 6.